The van der Waals surface area contributed by atoms with Crippen LogP contribution in [0.5, 0.6) is 0 Å². The number of quaternary nitrogens is 1. The monoisotopic (exact) mass is 394 g/mol. The van der Waals surface area contributed by atoms with Crippen LogP contribution in [0.1, 0.15) is 16.0 Å². The van der Waals surface area contributed by atoms with E-state index in [-0.39, 0.29) is 23.8 Å². The Morgan fingerprint density at radius 3 is 2.69 bits per heavy atom. The molecule has 2 N–H and O–H groups in total. The molecule has 0 fully saturated rings. The van der Waals surface area contributed by atoms with Crippen LogP contribution in [0.2, 0.25) is 4.34 Å². The maximum Gasteiger partial charge on any atom is 0.293 e. The highest BCUT2D eigenvalue weighted by Crippen LogP contribution is 2.30. The van der Waals surface area contributed by atoms with E-state index in [0.29, 0.717) is 23.0 Å². The summed E-state index contributed by atoms with van der Waals surface area (Å²) in [4.78, 5) is 25.3. The van der Waals surface area contributed by atoms with Crippen LogP contribution in [0.4, 0.5) is 11.4 Å². The van der Waals surface area contributed by atoms with E-state index in [2.05, 4.69) is 11.9 Å². The van der Waals surface area contributed by atoms with E-state index in [1.807, 2.05) is 19.1 Å². The minimum Gasteiger partial charge on any atom is -0.319 e. The van der Waals surface area contributed by atoms with Gasteiger partial charge in [-0.2, -0.15) is 0 Å². The summed E-state index contributed by atoms with van der Waals surface area (Å²) in [5, 5.41) is 14.0. The Kier molecular flexibility index (Phi) is 6.90. The summed E-state index contributed by atoms with van der Waals surface area (Å²) in [6.07, 6.45) is 1.75. The number of nitrogens with one attached hydrogen (secondary N) is 2. The molecule has 1 aromatic heterocycles. The van der Waals surface area contributed by atoms with Crippen molar-refractivity contribution in [1.82, 2.24) is 0 Å². The van der Waals surface area contributed by atoms with Crippen LogP contribution in [-0.4, -0.2) is 23.9 Å². The number of aryl methyl sites for hydroxylation is 1. The number of rotatable bonds is 8. The molecule has 2 rings (SSSR count). The maximum absolute atomic E-state index is 12.5. The van der Waals surface area contributed by atoms with Gasteiger partial charge in [0.2, 0.25) is 0 Å². The average molecular weight is 395 g/mol. The minimum absolute atomic E-state index is 0.100. The predicted molar refractivity (Wildman–Crippen MR) is 105 cm³/mol. The molecule has 0 saturated heterocycles. The summed E-state index contributed by atoms with van der Waals surface area (Å²) in [7, 11) is 0. The molecule has 0 saturated carbocycles. The molecule has 138 valence electrons. The van der Waals surface area contributed by atoms with Gasteiger partial charge in [0.15, 0.2) is 6.54 Å². The lowest BCUT2D eigenvalue weighted by molar-refractivity contribution is -0.899. The lowest BCUT2D eigenvalue weighted by Crippen LogP contribution is -3.11. The molecule has 0 spiro atoms. The first-order valence-electron chi connectivity index (χ1n) is 8.05. The van der Waals surface area contributed by atoms with Gasteiger partial charge in [-0.1, -0.05) is 24.2 Å². The van der Waals surface area contributed by atoms with E-state index < -0.39 is 4.92 Å². The number of nitro benzene ring substituents is 1. The number of benzene rings is 1. The van der Waals surface area contributed by atoms with Gasteiger partial charge >= 0.3 is 0 Å². The molecule has 8 heteroatoms. The number of hydrogen-bond donors (Lipinski definition) is 2. The van der Waals surface area contributed by atoms with Gasteiger partial charge < -0.3 is 10.2 Å². The molecule has 0 aliphatic heterocycles. The van der Waals surface area contributed by atoms with Crippen LogP contribution in [0.15, 0.2) is 36.9 Å². The van der Waals surface area contributed by atoms with Gasteiger partial charge in [0.25, 0.3) is 11.6 Å². The zero-order valence-corrected chi connectivity index (χ0v) is 16.2. The second kappa shape index (κ2) is 8.93. The molecule has 1 atom stereocenters. The number of carbonyl (C=O) groups is 1. The molecule has 1 aromatic carbocycles. The number of anilines is 1. The first kappa shape index (κ1) is 20.1. The van der Waals surface area contributed by atoms with E-state index in [9.17, 15) is 14.9 Å². The Hall–Kier alpha value is -2.22. The quantitative estimate of drug-likeness (QED) is 0.410. The van der Waals surface area contributed by atoms with Gasteiger partial charge in [-0.05, 0) is 43.2 Å². The van der Waals surface area contributed by atoms with Gasteiger partial charge in [-0.15, -0.1) is 11.3 Å². The van der Waals surface area contributed by atoms with E-state index in [0.717, 1.165) is 15.3 Å². The van der Waals surface area contributed by atoms with Crippen molar-refractivity contribution in [2.24, 2.45) is 0 Å². The largest absolute Gasteiger partial charge is 0.319 e. The van der Waals surface area contributed by atoms with E-state index >= 15 is 0 Å². The maximum atomic E-state index is 12.5. The van der Waals surface area contributed by atoms with Crippen LogP contribution in [0.25, 0.3) is 0 Å². The molecule has 1 unspecified atom stereocenters. The molecular weight excluding hydrogens is 374 g/mol. The van der Waals surface area contributed by atoms with Crippen molar-refractivity contribution in [2.45, 2.75) is 20.4 Å². The van der Waals surface area contributed by atoms with Gasteiger partial charge in [0.1, 0.15) is 12.2 Å². The van der Waals surface area contributed by atoms with Crippen LogP contribution in [0, 0.1) is 24.0 Å². The molecule has 1 heterocycles. The van der Waals surface area contributed by atoms with Gasteiger partial charge in [-0.25, -0.2) is 0 Å². The smallest absolute Gasteiger partial charge is 0.293 e. The first-order valence-corrected chi connectivity index (χ1v) is 9.24. The highest BCUT2D eigenvalue weighted by atomic mass is 35.5. The Bertz CT molecular complexity index is 835. The molecule has 1 amide bonds. The summed E-state index contributed by atoms with van der Waals surface area (Å²) in [6.45, 7) is 8.75. The van der Waals surface area contributed by atoms with Crippen molar-refractivity contribution in [3.8, 4) is 0 Å². The van der Waals surface area contributed by atoms with Crippen LogP contribution < -0.4 is 10.2 Å². The molecular formula is C18H21ClN3O3S+. The summed E-state index contributed by atoms with van der Waals surface area (Å²) in [5.41, 5.74) is 1.74. The standard InChI is InChI=1S/C18H20ClN3O3S/c1-4-9-21(10-14-6-8-16(19)26-14)11-17(23)20-18-13(3)12(2)5-7-15(18)22(24)25/h4-8H,1,9-11H2,2-3H3,(H,20,23)/p+1. The van der Waals surface area contributed by atoms with E-state index in [4.69, 9.17) is 11.6 Å². The molecule has 0 radical (unpaired) electrons. The number of carbonyl (C=O) groups excluding carboxylic acids is 1. The van der Waals surface area contributed by atoms with Crippen molar-refractivity contribution >= 4 is 40.2 Å². The fraction of sp³-hybridized carbons (Fsp3) is 0.278. The lowest BCUT2D eigenvalue weighted by atomic mass is 10.1. The van der Waals surface area contributed by atoms with Gasteiger partial charge in [-0.3, -0.25) is 14.9 Å². The SMILES string of the molecule is C=CC[NH+](CC(=O)Nc1c([N+](=O)[O-])ccc(C)c1C)Cc1ccc(Cl)s1. The summed E-state index contributed by atoms with van der Waals surface area (Å²) in [5.74, 6) is -0.277. The van der Waals surface area contributed by atoms with Gasteiger partial charge in [0.05, 0.1) is 20.7 Å². The Balaban J connectivity index is 2.14. The van der Waals surface area contributed by atoms with E-state index in [1.165, 1.54) is 17.4 Å². The Labute approximate surface area is 161 Å². The van der Waals surface area contributed by atoms with Crippen LogP contribution >= 0.6 is 22.9 Å². The minimum atomic E-state index is -0.482. The zero-order chi connectivity index (χ0) is 19.3. The van der Waals surface area contributed by atoms with Crippen molar-refractivity contribution in [3.05, 3.63) is 67.4 Å². The number of hydrogen-bond acceptors (Lipinski definition) is 4. The Morgan fingerprint density at radius 1 is 1.38 bits per heavy atom. The number of amides is 1. The fourth-order valence-electron chi connectivity index (χ4n) is 2.63. The van der Waals surface area contributed by atoms with Crippen molar-refractivity contribution in [2.75, 3.05) is 18.4 Å². The molecule has 26 heavy (non-hydrogen) atoms. The summed E-state index contributed by atoms with van der Waals surface area (Å²) in [6, 6.07) is 6.86. The number of nitro groups is 1. The topological polar surface area (TPSA) is 76.7 Å². The third-order valence-electron chi connectivity index (χ3n) is 4.07. The lowest BCUT2D eigenvalue weighted by Gasteiger charge is -2.17. The molecule has 0 bridgehead atoms. The first-order chi connectivity index (χ1) is 12.3. The molecule has 6 nitrogen and oxygen atoms in total. The third-order valence-corrected chi connectivity index (χ3v) is 5.30. The second-order valence-corrected chi connectivity index (χ2v) is 7.81. The number of halogens is 1. The molecule has 0 aliphatic carbocycles. The fourth-order valence-corrected chi connectivity index (χ4v) is 3.79. The van der Waals surface area contributed by atoms with Crippen molar-refractivity contribution < 1.29 is 14.6 Å². The average Bonchev–Trinajstić information content (AvgIpc) is 2.96. The highest BCUT2D eigenvalue weighted by molar-refractivity contribution is 7.16. The zero-order valence-electron chi connectivity index (χ0n) is 14.7. The molecule has 2 aromatic rings. The normalized spacial score (nSPS) is 11.8. The highest BCUT2D eigenvalue weighted by Gasteiger charge is 2.22. The van der Waals surface area contributed by atoms with Crippen molar-refractivity contribution in [1.29, 1.82) is 0 Å². The van der Waals surface area contributed by atoms with E-state index in [1.54, 1.807) is 19.1 Å². The van der Waals surface area contributed by atoms with Crippen LogP contribution in [0.3, 0.4) is 0 Å². The van der Waals surface area contributed by atoms with Crippen LogP contribution in [-0.2, 0) is 11.3 Å². The molecule has 0 aliphatic rings. The number of thiophene rings is 1. The van der Waals surface area contributed by atoms with Crippen molar-refractivity contribution in [3.63, 3.8) is 0 Å². The second-order valence-electron chi connectivity index (χ2n) is 6.01. The summed E-state index contributed by atoms with van der Waals surface area (Å²) >= 11 is 7.43. The Morgan fingerprint density at radius 2 is 2.12 bits per heavy atom. The predicted octanol–water partition coefficient (Wildman–Crippen LogP) is 3.14. The third kappa shape index (κ3) is 5.14. The summed E-state index contributed by atoms with van der Waals surface area (Å²) < 4.78 is 0.702. The van der Waals surface area contributed by atoms with Gasteiger partial charge in [0, 0.05) is 6.07 Å². The number of nitrogens with zero attached hydrogens (tertiary/aromatic N) is 1.